The first-order chi connectivity index (χ1) is 45.2. The Balaban J connectivity index is 1.30. The smallest absolute Gasteiger partial charge is 0.126 e. The molecular formula is C87H123N3O6. The van der Waals surface area contributed by atoms with Gasteiger partial charge in [-0.3, -0.25) is 14.7 Å². The third-order valence-corrected chi connectivity index (χ3v) is 21.1. The van der Waals surface area contributed by atoms with Gasteiger partial charge < -0.3 is 28.4 Å². The first-order valence-electron chi connectivity index (χ1n) is 36.8. The Bertz CT molecular complexity index is 3150. The summed E-state index contributed by atoms with van der Waals surface area (Å²) in [7, 11) is 5.64. The van der Waals surface area contributed by atoms with E-state index >= 15 is 0 Å². The zero-order valence-electron chi connectivity index (χ0n) is 63.7. The maximum absolute atomic E-state index is 7.46. The van der Waals surface area contributed by atoms with Gasteiger partial charge in [0.2, 0.25) is 0 Å². The fourth-order valence-electron chi connectivity index (χ4n) is 15.1. The van der Waals surface area contributed by atoms with E-state index in [9.17, 15) is 0 Å². The summed E-state index contributed by atoms with van der Waals surface area (Å²) >= 11 is 0. The van der Waals surface area contributed by atoms with E-state index in [1.165, 1.54) is 105 Å². The molecule has 12 bridgehead atoms. The maximum atomic E-state index is 7.46. The van der Waals surface area contributed by atoms with Crippen LogP contribution in [-0.2, 0) is 71.0 Å². The zero-order valence-corrected chi connectivity index (χ0v) is 63.7. The SMILES string of the molecule is COc1c2cc(C(C)(C)C)cc1Cc1cc(C(C)(C)C)cc(c1OCCN1CCCC1)Cc1cc(C(C)(C)C)cc(c1OC)Cc1cc(C(C)(C)C)cc(c1OCCN1CCCC1)Cc1cc(C(C)(C)C)cc(c1OC)Cc1cc(C(C)(C)C)cc(c1OCCN1CCCC1)C2. The molecule has 3 aliphatic heterocycles. The number of likely N-dealkylation sites (tertiary alicyclic amines) is 3. The minimum absolute atomic E-state index is 0.173. The third kappa shape index (κ3) is 17.5. The van der Waals surface area contributed by atoms with E-state index < -0.39 is 0 Å². The molecule has 522 valence electrons. The van der Waals surface area contributed by atoms with Crippen molar-refractivity contribution in [1.82, 2.24) is 14.7 Å². The van der Waals surface area contributed by atoms with Crippen molar-refractivity contribution in [3.8, 4) is 34.5 Å². The highest BCUT2D eigenvalue weighted by Gasteiger charge is 2.32. The minimum atomic E-state index is -0.175. The van der Waals surface area contributed by atoms with E-state index in [0.717, 1.165) is 127 Å². The highest BCUT2D eigenvalue weighted by atomic mass is 16.5. The molecule has 3 fully saturated rings. The summed E-state index contributed by atoms with van der Waals surface area (Å²) in [6, 6.07) is 29.4. The lowest BCUT2D eigenvalue weighted by molar-refractivity contribution is 0.235. The minimum Gasteiger partial charge on any atom is -0.496 e. The quantitative estimate of drug-likeness (QED) is 0.0999. The lowest BCUT2D eigenvalue weighted by atomic mass is 9.79. The molecule has 0 N–H and O–H groups in total. The van der Waals surface area contributed by atoms with Crippen LogP contribution in [0.15, 0.2) is 72.8 Å². The van der Waals surface area contributed by atoms with Crippen molar-refractivity contribution in [3.63, 3.8) is 0 Å². The highest BCUT2D eigenvalue weighted by Crippen LogP contribution is 2.46. The predicted molar refractivity (Wildman–Crippen MR) is 401 cm³/mol. The topological polar surface area (TPSA) is 65.1 Å². The second kappa shape index (κ2) is 29.4. The van der Waals surface area contributed by atoms with E-state index in [2.05, 4.69) is 212 Å². The van der Waals surface area contributed by atoms with Crippen LogP contribution in [0.4, 0.5) is 0 Å². The molecule has 0 saturated carbocycles. The van der Waals surface area contributed by atoms with Gasteiger partial charge in [-0.05, 0) is 210 Å². The first-order valence-corrected chi connectivity index (χ1v) is 36.8. The Hall–Kier alpha value is -6.00. The molecule has 0 aromatic heterocycles. The number of hydrogen-bond acceptors (Lipinski definition) is 9. The van der Waals surface area contributed by atoms with E-state index in [1.807, 2.05) is 21.3 Å². The summed E-state index contributed by atoms with van der Waals surface area (Å²) in [6.07, 6.45) is 11.1. The van der Waals surface area contributed by atoms with Gasteiger partial charge in [0.1, 0.15) is 54.3 Å². The Morgan fingerprint density at radius 1 is 0.240 bits per heavy atom. The van der Waals surface area contributed by atoms with Crippen molar-refractivity contribution in [2.75, 3.05) is 100 Å². The van der Waals surface area contributed by atoms with Crippen LogP contribution in [0, 0.1) is 0 Å². The number of ether oxygens (including phenoxy) is 6. The van der Waals surface area contributed by atoms with Crippen LogP contribution in [0.3, 0.4) is 0 Å². The molecule has 6 aromatic rings. The summed E-state index contributed by atoms with van der Waals surface area (Å²) in [5.74, 6) is 5.64. The Labute approximate surface area is 581 Å². The normalized spacial score (nSPS) is 16.6. The molecule has 0 amide bonds. The third-order valence-electron chi connectivity index (χ3n) is 21.1. The van der Waals surface area contributed by atoms with Crippen LogP contribution in [-0.4, -0.2) is 115 Å². The van der Waals surface area contributed by atoms with E-state index in [1.54, 1.807) is 0 Å². The predicted octanol–water partition coefficient (Wildman–Crippen LogP) is 18.8. The standard InChI is InChI=1S/C87H123N3O6/c1-82(2,3)70-46-58-40-64-52-73(85(10,11)12)54-66(79(64)94-37-34-88-28-22-23-29-88)42-60-48-71(83(4,5)6)50-62(77(60)92-20)44-68-56-75(87(16,17)18)57-69(81(68)96-39-36-90-32-26-27-33-90)45-63-51-72(84(7,8)9)49-61(78(63)93-21)43-67-55-74(86(13,14)15)53-65(41-59(47-70)76(58)91-19)80(67)95-38-35-89-30-24-25-31-89/h46-57H,22-45H2,1-21H3. The molecule has 9 nitrogen and oxygen atoms in total. The molecule has 10 rings (SSSR count). The van der Waals surface area contributed by atoms with Gasteiger partial charge in [-0.2, -0.15) is 0 Å². The van der Waals surface area contributed by atoms with Gasteiger partial charge in [0, 0.05) is 58.2 Å². The van der Waals surface area contributed by atoms with Crippen molar-refractivity contribution in [2.45, 2.75) is 234 Å². The number of methoxy groups -OCH3 is 3. The second-order valence-electron chi connectivity index (χ2n) is 35.1. The Kier molecular flexibility index (Phi) is 22.3. The van der Waals surface area contributed by atoms with Crippen molar-refractivity contribution >= 4 is 0 Å². The van der Waals surface area contributed by atoms with Crippen molar-refractivity contribution in [2.24, 2.45) is 0 Å². The number of hydrogen-bond donors (Lipinski definition) is 0. The van der Waals surface area contributed by atoms with Gasteiger partial charge in [-0.15, -0.1) is 0 Å². The van der Waals surface area contributed by atoms with E-state index in [0.29, 0.717) is 58.3 Å². The molecule has 9 heteroatoms. The molecule has 3 heterocycles. The molecule has 0 unspecified atom stereocenters. The van der Waals surface area contributed by atoms with Gasteiger partial charge >= 0.3 is 0 Å². The summed E-state index contributed by atoms with van der Waals surface area (Å²) in [5, 5.41) is 0. The molecule has 0 spiro atoms. The van der Waals surface area contributed by atoms with Gasteiger partial charge in [0.15, 0.2) is 0 Å². The van der Waals surface area contributed by atoms with Crippen LogP contribution in [0.25, 0.3) is 0 Å². The number of nitrogens with zero attached hydrogens (tertiary/aromatic N) is 3. The average Bonchev–Trinajstić information content (AvgIpc) is 0.833. The van der Waals surface area contributed by atoms with Crippen molar-refractivity contribution < 1.29 is 28.4 Å². The highest BCUT2D eigenvalue weighted by molar-refractivity contribution is 5.62. The second-order valence-corrected chi connectivity index (χ2v) is 35.1. The number of rotatable bonds is 15. The van der Waals surface area contributed by atoms with Gasteiger partial charge in [0.25, 0.3) is 0 Å². The largest absolute Gasteiger partial charge is 0.496 e. The summed E-state index contributed by atoms with van der Waals surface area (Å²) in [6.45, 7) is 53.4. The molecule has 1 aliphatic carbocycles. The maximum Gasteiger partial charge on any atom is 0.126 e. The van der Waals surface area contributed by atoms with Crippen LogP contribution in [0.1, 0.15) is 263 Å². The Morgan fingerprint density at radius 2 is 0.385 bits per heavy atom. The average molecular weight is 1310 g/mol. The van der Waals surface area contributed by atoms with Crippen LogP contribution in [0.5, 0.6) is 34.5 Å². The van der Waals surface area contributed by atoms with Crippen LogP contribution in [0.2, 0.25) is 0 Å². The summed E-state index contributed by atoms with van der Waals surface area (Å²) in [4.78, 5) is 7.71. The fourth-order valence-corrected chi connectivity index (χ4v) is 15.1. The van der Waals surface area contributed by atoms with Gasteiger partial charge in [0.05, 0.1) is 21.3 Å². The first kappa shape index (κ1) is 72.7. The molecule has 0 atom stereocenters. The molecule has 3 saturated heterocycles. The lowest BCUT2D eigenvalue weighted by Gasteiger charge is -2.29. The van der Waals surface area contributed by atoms with Crippen LogP contribution < -0.4 is 28.4 Å². The van der Waals surface area contributed by atoms with Crippen molar-refractivity contribution in [1.29, 1.82) is 0 Å². The summed E-state index contributed by atoms with van der Waals surface area (Å²) < 4.78 is 43.0. The summed E-state index contributed by atoms with van der Waals surface area (Å²) in [5.41, 5.74) is 20.6. The van der Waals surface area contributed by atoms with E-state index in [4.69, 9.17) is 28.4 Å². The Morgan fingerprint density at radius 3 is 0.521 bits per heavy atom. The lowest BCUT2D eigenvalue weighted by Crippen LogP contribution is -2.25. The molecule has 96 heavy (non-hydrogen) atoms. The van der Waals surface area contributed by atoms with E-state index in [-0.39, 0.29) is 32.5 Å². The molecular weight excluding hydrogens is 1180 g/mol. The molecule has 4 aliphatic rings. The van der Waals surface area contributed by atoms with Crippen LogP contribution >= 0.6 is 0 Å². The number of benzene rings is 6. The fraction of sp³-hybridized carbons (Fsp3) is 0.586. The zero-order chi connectivity index (χ0) is 69.3. The number of fused-ring (bicyclic) bond motifs is 12. The molecule has 6 aromatic carbocycles. The van der Waals surface area contributed by atoms with Crippen molar-refractivity contribution in [3.05, 3.63) is 173 Å². The van der Waals surface area contributed by atoms with Gasteiger partial charge in [-0.1, -0.05) is 197 Å². The van der Waals surface area contributed by atoms with Gasteiger partial charge in [-0.25, -0.2) is 0 Å². The molecule has 0 radical (unpaired) electrons. The monoisotopic (exact) mass is 1310 g/mol.